The minimum absolute atomic E-state index is 0.168. The average Bonchev–Trinajstić information content (AvgIpc) is 3.38. The summed E-state index contributed by atoms with van der Waals surface area (Å²) in [6, 6.07) is 17.8. The van der Waals surface area contributed by atoms with Gasteiger partial charge in [-0.3, -0.25) is 0 Å². The number of carbonyl (C=O) groups is 1. The lowest BCUT2D eigenvalue weighted by Crippen LogP contribution is -2.43. The number of rotatable bonds is 7. The number of carbonyl (C=O) groups excluding carboxylic acids is 1. The second-order valence-corrected chi connectivity index (χ2v) is 9.89. The van der Waals surface area contributed by atoms with Crippen molar-refractivity contribution in [3.63, 3.8) is 0 Å². The van der Waals surface area contributed by atoms with Gasteiger partial charge in [0.15, 0.2) is 0 Å². The van der Waals surface area contributed by atoms with E-state index >= 15 is 0 Å². The summed E-state index contributed by atoms with van der Waals surface area (Å²) in [6.07, 6.45) is 7.12. The highest BCUT2D eigenvalue weighted by Crippen LogP contribution is 2.40. The van der Waals surface area contributed by atoms with Crippen molar-refractivity contribution >= 4 is 22.9 Å². The molecule has 0 bridgehead atoms. The summed E-state index contributed by atoms with van der Waals surface area (Å²) in [7, 11) is 0. The van der Waals surface area contributed by atoms with E-state index in [1.54, 1.807) is 11.3 Å². The summed E-state index contributed by atoms with van der Waals surface area (Å²) < 4.78 is 5.96. The third-order valence-electron chi connectivity index (χ3n) is 6.74. The molecule has 2 N–H and O–H groups in total. The van der Waals surface area contributed by atoms with Crippen LogP contribution in [0.4, 0.5) is 4.79 Å². The Bertz CT molecular complexity index is 1150. The molecule has 1 aliphatic heterocycles. The number of nitrogens with zero attached hydrogens (tertiary/aromatic N) is 1. The lowest BCUT2D eigenvalue weighted by Gasteiger charge is -2.29. The second kappa shape index (κ2) is 10.4. The first kappa shape index (κ1) is 22.7. The molecule has 1 aromatic heterocycles. The van der Waals surface area contributed by atoms with Gasteiger partial charge >= 0.3 is 6.03 Å². The molecule has 0 radical (unpaired) electrons. The number of urea groups is 1. The molecule has 2 aromatic carbocycles. The van der Waals surface area contributed by atoms with E-state index in [0.29, 0.717) is 12.5 Å². The SMILES string of the molecule is CCC1=C(c2nc(C3CCCCC3)cs2)C(c2ccc(OCc3ccccc3)cc2)NC(=O)N1. The molecule has 1 aliphatic carbocycles. The highest BCUT2D eigenvalue weighted by molar-refractivity contribution is 7.10. The molecule has 2 heterocycles. The molecular weight excluding hydrogens is 442 g/mol. The van der Waals surface area contributed by atoms with Gasteiger partial charge in [0.1, 0.15) is 17.4 Å². The van der Waals surface area contributed by atoms with Crippen molar-refractivity contribution in [1.29, 1.82) is 0 Å². The molecule has 34 heavy (non-hydrogen) atoms. The van der Waals surface area contributed by atoms with E-state index in [2.05, 4.69) is 35.1 Å². The summed E-state index contributed by atoms with van der Waals surface area (Å²) in [6.45, 7) is 2.60. The Morgan fingerprint density at radius 2 is 1.79 bits per heavy atom. The van der Waals surface area contributed by atoms with Gasteiger partial charge in [-0.05, 0) is 42.5 Å². The second-order valence-electron chi connectivity index (χ2n) is 9.03. The molecule has 2 amide bonds. The summed E-state index contributed by atoms with van der Waals surface area (Å²) in [5.74, 6) is 1.37. The molecule has 1 unspecified atom stereocenters. The molecule has 0 spiro atoms. The van der Waals surface area contributed by atoms with Crippen LogP contribution in [0.1, 0.15) is 79.2 Å². The minimum Gasteiger partial charge on any atom is -0.489 e. The van der Waals surface area contributed by atoms with Gasteiger partial charge in [0.2, 0.25) is 0 Å². The summed E-state index contributed by atoms with van der Waals surface area (Å²) >= 11 is 1.69. The van der Waals surface area contributed by atoms with E-state index < -0.39 is 0 Å². The van der Waals surface area contributed by atoms with Crippen LogP contribution >= 0.6 is 11.3 Å². The van der Waals surface area contributed by atoms with Crippen molar-refractivity contribution in [2.24, 2.45) is 0 Å². The van der Waals surface area contributed by atoms with Crippen LogP contribution in [0.25, 0.3) is 5.57 Å². The Kier molecular flexibility index (Phi) is 6.95. The van der Waals surface area contributed by atoms with Gasteiger partial charge in [0.05, 0.1) is 11.7 Å². The molecule has 3 aromatic rings. The van der Waals surface area contributed by atoms with Crippen molar-refractivity contribution < 1.29 is 9.53 Å². The van der Waals surface area contributed by atoms with Crippen LogP contribution < -0.4 is 15.4 Å². The molecular formula is C28H31N3O2S. The van der Waals surface area contributed by atoms with E-state index in [1.165, 1.54) is 37.8 Å². The smallest absolute Gasteiger partial charge is 0.319 e. The summed E-state index contributed by atoms with van der Waals surface area (Å²) in [5.41, 5.74) is 5.39. The van der Waals surface area contributed by atoms with E-state index in [0.717, 1.165) is 39.6 Å². The van der Waals surface area contributed by atoms with Gasteiger partial charge in [0.25, 0.3) is 0 Å². The van der Waals surface area contributed by atoms with Crippen LogP contribution in [0.3, 0.4) is 0 Å². The molecule has 1 atom stereocenters. The molecule has 6 heteroatoms. The fourth-order valence-corrected chi connectivity index (χ4v) is 5.90. The molecule has 1 saturated carbocycles. The van der Waals surface area contributed by atoms with Crippen LogP contribution in [-0.2, 0) is 6.61 Å². The maximum Gasteiger partial charge on any atom is 0.319 e. The van der Waals surface area contributed by atoms with E-state index in [1.807, 2.05) is 42.5 Å². The van der Waals surface area contributed by atoms with Gasteiger partial charge in [0, 0.05) is 22.6 Å². The van der Waals surface area contributed by atoms with Crippen LogP contribution in [0, 0.1) is 0 Å². The Morgan fingerprint density at radius 3 is 2.53 bits per heavy atom. The van der Waals surface area contributed by atoms with Crippen molar-refractivity contribution in [1.82, 2.24) is 15.6 Å². The zero-order valence-electron chi connectivity index (χ0n) is 19.5. The Morgan fingerprint density at radius 1 is 1.03 bits per heavy atom. The predicted molar refractivity (Wildman–Crippen MR) is 137 cm³/mol. The Labute approximate surface area is 205 Å². The molecule has 1 fully saturated rings. The third kappa shape index (κ3) is 5.02. The number of allylic oxidation sites excluding steroid dienone is 1. The third-order valence-corrected chi connectivity index (χ3v) is 7.64. The molecule has 176 valence electrons. The number of ether oxygens (including phenoxy) is 1. The monoisotopic (exact) mass is 473 g/mol. The van der Waals surface area contributed by atoms with Crippen molar-refractivity contribution in [3.8, 4) is 5.75 Å². The quantitative estimate of drug-likeness (QED) is 0.390. The van der Waals surface area contributed by atoms with Crippen molar-refractivity contribution in [2.75, 3.05) is 0 Å². The van der Waals surface area contributed by atoms with E-state index in [4.69, 9.17) is 9.72 Å². The van der Waals surface area contributed by atoms with Crippen LogP contribution in [-0.4, -0.2) is 11.0 Å². The van der Waals surface area contributed by atoms with Crippen molar-refractivity contribution in [2.45, 2.75) is 64.0 Å². The van der Waals surface area contributed by atoms with E-state index in [9.17, 15) is 4.79 Å². The fraction of sp³-hybridized carbons (Fsp3) is 0.357. The number of hydrogen-bond donors (Lipinski definition) is 2. The first-order chi connectivity index (χ1) is 16.7. The van der Waals surface area contributed by atoms with Gasteiger partial charge in [-0.25, -0.2) is 9.78 Å². The number of nitrogens with one attached hydrogen (secondary N) is 2. The van der Waals surface area contributed by atoms with Gasteiger partial charge in [-0.1, -0.05) is 68.7 Å². The van der Waals surface area contributed by atoms with Crippen LogP contribution in [0.15, 0.2) is 65.7 Å². The topological polar surface area (TPSA) is 63.2 Å². The van der Waals surface area contributed by atoms with E-state index in [-0.39, 0.29) is 12.1 Å². The molecule has 5 nitrogen and oxygen atoms in total. The normalized spacial score (nSPS) is 19.0. The van der Waals surface area contributed by atoms with Crippen LogP contribution in [0.2, 0.25) is 0 Å². The Balaban J connectivity index is 1.39. The summed E-state index contributed by atoms with van der Waals surface area (Å²) in [4.78, 5) is 17.6. The highest BCUT2D eigenvalue weighted by Gasteiger charge is 2.31. The largest absolute Gasteiger partial charge is 0.489 e. The molecule has 0 saturated heterocycles. The lowest BCUT2D eigenvalue weighted by molar-refractivity contribution is 0.240. The number of aromatic nitrogens is 1. The molecule has 5 rings (SSSR count). The maximum absolute atomic E-state index is 12.5. The average molecular weight is 474 g/mol. The van der Waals surface area contributed by atoms with Gasteiger partial charge in [-0.15, -0.1) is 11.3 Å². The first-order valence-electron chi connectivity index (χ1n) is 12.2. The van der Waals surface area contributed by atoms with Crippen molar-refractivity contribution in [3.05, 3.63) is 87.5 Å². The summed E-state index contributed by atoms with van der Waals surface area (Å²) in [5, 5.41) is 9.38. The molecule has 2 aliphatic rings. The Hall–Kier alpha value is -3.12. The van der Waals surface area contributed by atoms with Crippen LogP contribution in [0.5, 0.6) is 5.75 Å². The maximum atomic E-state index is 12.5. The number of hydrogen-bond acceptors (Lipinski definition) is 4. The lowest BCUT2D eigenvalue weighted by atomic mass is 9.87. The van der Waals surface area contributed by atoms with Gasteiger partial charge in [-0.2, -0.15) is 0 Å². The first-order valence-corrected chi connectivity index (χ1v) is 13.1. The van der Waals surface area contributed by atoms with Gasteiger partial charge < -0.3 is 15.4 Å². The highest BCUT2D eigenvalue weighted by atomic mass is 32.1. The standard InChI is InChI=1S/C28H31N3O2S/c1-2-23-25(27-29-24(18-34-27)20-11-7-4-8-12-20)26(31-28(32)30-23)21-13-15-22(16-14-21)33-17-19-9-5-3-6-10-19/h3,5-6,9-10,13-16,18,20,26H,2,4,7-8,11-12,17H2,1H3,(H2,30,31,32). The fourth-order valence-electron chi connectivity index (χ4n) is 4.89. The zero-order chi connectivity index (χ0) is 23.3. The zero-order valence-corrected chi connectivity index (χ0v) is 20.4. The number of thiazole rings is 1. The minimum atomic E-state index is -0.239. The number of amides is 2. The number of benzene rings is 2. The predicted octanol–water partition coefficient (Wildman–Crippen LogP) is 6.95.